The largest absolute Gasteiger partial charge is 0.493 e. The molecule has 25 heavy (non-hydrogen) atoms. The van der Waals surface area contributed by atoms with Gasteiger partial charge in [0.1, 0.15) is 0 Å². The van der Waals surface area contributed by atoms with Crippen molar-refractivity contribution in [2.75, 3.05) is 14.2 Å². The van der Waals surface area contributed by atoms with Gasteiger partial charge in [-0.2, -0.15) is 0 Å². The summed E-state index contributed by atoms with van der Waals surface area (Å²) in [5.74, 6) is 1.32. The Morgan fingerprint density at radius 3 is 2.44 bits per heavy atom. The highest BCUT2D eigenvalue weighted by Gasteiger charge is 2.18. The van der Waals surface area contributed by atoms with E-state index < -0.39 is 0 Å². The van der Waals surface area contributed by atoms with Crippen molar-refractivity contribution in [1.82, 2.24) is 5.32 Å². The van der Waals surface area contributed by atoms with Gasteiger partial charge in [-0.25, -0.2) is 0 Å². The molecule has 1 unspecified atom stereocenters. The third kappa shape index (κ3) is 3.48. The van der Waals surface area contributed by atoms with Gasteiger partial charge in [-0.3, -0.25) is 4.79 Å². The van der Waals surface area contributed by atoms with Crippen molar-refractivity contribution in [3.63, 3.8) is 0 Å². The lowest BCUT2D eigenvalue weighted by atomic mass is 10.0. The number of fused-ring (bicyclic) bond motifs is 1. The summed E-state index contributed by atoms with van der Waals surface area (Å²) >= 11 is 0. The lowest BCUT2D eigenvalue weighted by molar-refractivity contribution is 0.0939. The predicted octanol–water partition coefficient (Wildman–Crippen LogP) is 3.99. The van der Waals surface area contributed by atoms with Crippen LogP contribution in [0.15, 0.2) is 30.3 Å². The smallest absolute Gasteiger partial charge is 0.251 e. The fraction of sp³-hybridized carbons (Fsp3) is 0.381. The summed E-state index contributed by atoms with van der Waals surface area (Å²) in [5, 5.41) is 3.10. The van der Waals surface area contributed by atoms with E-state index in [2.05, 4.69) is 11.4 Å². The number of methoxy groups -OCH3 is 2. The fourth-order valence-corrected chi connectivity index (χ4v) is 3.53. The molecule has 0 saturated heterocycles. The number of hydrogen-bond donors (Lipinski definition) is 1. The van der Waals surface area contributed by atoms with Gasteiger partial charge in [-0.15, -0.1) is 0 Å². The van der Waals surface area contributed by atoms with Crippen molar-refractivity contribution >= 4 is 5.91 Å². The highest BCUT2D eigenvalue weighted by Crippen LogP contribution is 2.33. The summed E-state index contributed by atoms with van der Waals surface area (Å²) in [6.45, 7) is 3.99. The summed E-state index contributed by atoms with van der Waals surface area (Å²) in [7, 11) is 3.24. The Kier molecular flexibility index (Phi) is 4.98. The molecule has 0 radical (unpaired) electrons. The van der Waals surface area contributed by atoms with Crippen molar-refractivity contribution in [2.45, 2.75) is 39.2 Å². The topological polar surface area (TPSA) is 47.6 Å². The molecular weight excluding hydrogens is 314 g/mol. The molecule has 0 heterocycles. The number of benzene rings is 2. The van der Waals surface area contributed by atoms with E-state index in [-0.39, 0.29) is 11.9 Å². The summed E-state index contributed by atoms with van der Waals surface area (Å²) in [6.07, 6.45) is 3.38. The monoisotopic (exact) mass is 339 g/mol. The van der Waals surface area contributed by atoms with Crippen molar-refractivity contribution in [1.29, 1.82) is 0 Å². The van der Waals surface area contributed by atoms with Crippen LogP contribution in [0.1, 0.15) is 52.0 Å². The maximum Gasteiger partial charge on any atom is 0.251 e. The van der Waals surface area contributed by atoms with Gasteiger partial charge in [0.15, 0.2) is 11.5 Å². The summed E-state index contributed by atoms with van der Waals surface area (Å²) < 4.78 is 10.7. The van der Waals surface area contributed by atoms with Crippen LogP contribution in [-0.2, 0) is 12.8 Å². The minimum absolute atomic E-state index is 0.0450. The molecule has 1 atom stereocenters. The van der Waals surface area contributed by atoms with Gasteiger partial charge in [0.2, 0.25) is 0 Å². The number of rotatable bonds is 5. The average molecular weight is 339 g/mol. The van der Waals surface area contributed by atoms with Crippen LogP contribution in [0.4, 0.5) is 0 Å². The van der Waals surface area contributed by atoms with Crippen LogP contribution >= 0.6 is 0 Å². The van der Waals surface area contributed by atoms with Gasteiger partial charge in [-0.05, 0) is 79.6 Å². The minimum Gasteiger partial charge on any atom is -0.493 e. The summed E-state index contributed by atoms with van der Waals surface area (Å²) in [6, 6.07) is 9.79. The summed E-state index contributed by atoms with van der Waals surface area (Å²) in [5.41, 5.74) is 5.49. The average Bonchev–Trinajstić information content (AvgIpc) is 3.08. The number of carbonyl (C=O) groups excluding carboxylic acids is 1. The van der Waals surface area contributed by atoms with E-state index in [1.165, 1.54) is 17.5 Å². The minimum atomic E-state index is -0.124. The Morgan fingerprint density at radius 1 is 1.04 bits per heavy atom. The molecule has 4 heteroatoms. The van der Waals surface area contributed by atoms with E-state index >= 15 is 0 Å². The van der Waals surface area contributed by atoms with Gasteiger partial charge < -0.3 is 14.8 Å². The number of hydrogen-bond acceptors (Lipinski definition) is 3. The molecular formula is C21H25NO3. The van der Waals surface area contributed by atoms with Gasteiger partial charge in [0.05, 0.1) is 20.3 Å². The SMILES string of the molecule is COc1cc(C)c(C(C)NC(=O)c2ccc3c(c2)CCC3)cc1OC. The molecule has 2 aromatic carbocycles. The zero-order chi connectivity index (χ0) is 18.0. The van der Waals surface area contributed by atoms with Crippen molar-refractivity contribution in [3.05, 3.63) is 58.1 Å². The Balaban J connectivity index is 1.80. The number of ether oxygens (including phenoxy) is 2. The molecule has 4 nitrogen and oxygen atoms in total. The van der Waals surface area contributed by atoms with Crippen LogP contribution in [0.25, 0.3) is 0 Å². The van der Waals surface area contributed by atoms with Crippen LogP contribution in [0.3, 0.4) is 0 Å². The molecule has 0 aromatic heterocycles. The van der Waals surface area contributed by atoms with Crippen LogP contribution in [0.2, 0.25) is 0 Å². The van der Waals surface area contributed by atoms with Crippen molar-refractivity contribution in [3.8, 4) is 11.5 Å². The Morgan fingerprint density at radius 2 is 1.72 bits per heavy atom. The number of nitrogens with one attached hydrogen (secondary N) is 1. The molecule has 1 aliphatic rings. The van der Waals surface area contributed by atoms with Crippen LogP contribution in [0.5, 0.6) is 11.5 Å². The predicted molar refractivity (Wildman–Crippen MR) is 98.6 cm³/mol. The van der Waals surface area contributed by atoms with Gasteiger partial charge in [-0.1, -0.05) is 6.07 Å². The first-order chi connectivity index (χ1) is 12.0. The van der Waals surface area contributed by atoms with E-state index in [9.17, 15) is 4.79 Å². The second-order valence-electron chi connectivity index (χ2n) is 6.60. The maximum absolute atomic E-state index is 12.7. The molecule has 3 rings (SSSR count). The van der Waals surface area contributed by atoms with Gasteiger partial charge >= 0.3 is 0 Å². The third-order valence-corrected chi connectivity index (χ3v) is 4.95. The first kappa shape index (κ1) is 17.3. The molecule has 0 spiro atoms. The molecule has 132 valence electrons. The Labute approximate surface area is 149 Å². The zero-order valence-electron chi connectivity index (χ0n) is 15.3. The van der Waals surface area contributed by atoms with E-state index in [0.29, 0.717) is 11.5 Å². The second-order valence-corrected chi connectivity index (χ2v) is 6.60. The molecule has 1 N–H and O–H groups in total. The number of aryl methyl sites for hydroxylation is 3. The molecule has 1 amide bonds. The first-order valence-electron chi connectivity index (χ1n) is 8.68. The van der Waals surface area contributed by atoms with E-state index in [0.717, 1.165) is 29.5 Å². The van der Waals surface area contributed by atoms with E-state index in [4.69, 9.17) is 9.47 Å². The third-order valence-electron chi connectivity index (χ3n) is 4.95. The summed E-state index contributed by atoms with van der Waals surface area (Å²) in [4.78, 5) is 12.7. The lowest BCUT2D eigenvalue weighted by Crippen LogP contribution is -2.27. The van der Waals surface area contributed by atoms with Crippen LogP contribution < -0.4 is 14.8 Å². The second kappa shape index (κ2) is 7.18. The van der Waals surface area contributed by atoms with Gasteiger partial charge in [0.25, 0.3) is 5.91 Å². The molecule has 0 aliphatic heterocycles. The number of carbonyl (C=O) groups is 1. The molecule has 0 saturated carbocycles. The molecule has 1 aliphatic carbocycles. The highest BCUT2D eigenvalue weighted by molar-refractivity contribution is 5.94. The van der Waals surface area contributed by atoms with Crippen molar-refractivity contribution < 1.29 is 14.3 Å². The first-order valence-corrected chi connectivity index (χ1v) is 8.68. The number of amides is 1. The molecule has 0 bridgehead atoms. The zero-order valence-corrected chi connectivity index (χ0v) is 15.3. The van der Waals surface area contributed by atoms with E-state index in [1.807, 2.05) is 38.1 Å². The quantitative estimate of drug-likeness (QED) is 0.896. The standard InChI is InChI=1S/C21H25NO3/c1-13-10-19(24-3)20(25-4)12-18(13)14(2)22-21(23)17-9-8-15-6-5-7-16(15)11-17/h8-12,14H,5-7H2,1-4H3,(H,22,23). The molecule has 0 fully saturated rings. The Hall–Kier alpha value is -2.49. The normalized spacial score (nSPS) is 13.9. The maximum atomic E-state index is 12.7. The van der Waals surface area contributed by atoms with Gasteiger partial charge in [0, 0.05) is 5.56 Å². The lowest BCUT2D eigenvalue weighted by Gasteiger charge is -2.19. The fourth-order valence-electron chi connectivity index (χ4n) is 3.53. The van der Waals surface area contributed by atoms with Crippen molar-refractivity contribution in [2.24, 2.45) is 0 Å². The van der Waals surface area contributed by atoms with E-state index in [1.54, 1.807) is 14.2 Å². The van der Waals surface area contributed by atoms with Crippen LogP contribution in [0, 0.1) is 6.92 Å². The molecule has 2 aromatic rings. The van der Waals surface area contributed by atoms with Crippen LogP contribution in [-0.4, -0.2) is 20.1 Å². The Bertz CT molecular complexity index is 798. The highest BCUT2D eigenvalue weighted by atomic mass is 16.5.